The molecule has 0 spiro atoms. The van der Waals surface area contributed by atoms with Crippen LogP contribution in [0.4, 0.5) is 10.5 Å². The molecule has 4 rings (SSSR count). The van der Waals surface area contributed by atoms with E-state index in [1.54, 1.807) is 7.11 Å². The zero-order chi connectivity index (χ0) is 18.1. The molecule has 7 heteroatoms. The first-order chi connectivity index (χ1) is 12.6. The van der Waals surface area contributed by atoms with Crippen LogP contribution in [0.25, 0.3) is 11.0 Å². The van der Waals surface area contributed by atoms with E-state index in [1.807, 2.05) is 18.3 Å². The topological polar surface area (TPSA) is 96.4 Å². The van der Waals surface area contributed by atoms with Gasteiger partial charge in [-0.2, -0.15) is 0 Å². The summed E-state index contributed by atoms with van der Waals surface area (Å²) < 4.78 is 5.29. The molecule has 2 aliphatic rings. The summed E-state index contributed by atoms with van der Waals surface area (Å²) in [5.41, 5.74) is 4.09. The molecular weight excluding hydrogens is 332 g/mol. The van der Waals surface area contributed by atoms with E-state index in [0.717, 1.165) is 55.4 Å². The number of rotatable bonds is 3. The number of hydrogen-bond acceptors (Lipinski definition) is 5. The largest absolute Gasteiger partial charge is 0.481 e. The van der Waals surface area contributed by atoms with Crippen LogP contribution in [-0.2, 0) is 6.42 Å². The average Bonchev–Trinajstić information content (AvgIpc) is 2.67. The fourth-order valence-electron chi connectivity index (χ4n) is 4.39. The molecule has 3 heterocycles. The van der Waals surface area contributed by atoms with Gasteiger partial charge in [0.15, 0.2) is 0 Å². The number of methoxy groups -OCH3 is 1. The van der Waals surface area contributed by atoms with Crippen LogP contribution in [-0.4, -0.2) is 40.9 Å². The normalized spacial score (nSPS) is 25.2. The Labute approximate surface area is 152 Å². The van der Waals surface area contributed by atoms with Gasteiger partial charge in [-0.1, -0.05) is 0 Å². The third kappa shape index (κ3) is 3.25. The summed E-state index contributed by atoms with van der Waals surface area (Å²) in [4.78, 5) is 20.0. The van der Waals surface area contributed by atoms with Crippen LogP contribution in [0.2, 0.25) is 0 Å². The zero-order valence-corrected chi connectivity index (χ0v) is 14.9. The maximum Gasteiger partial charge on any atom is 0.404 e. The molecule has 2 aromatic heterocycles. The summed E-state index contributed by atoms with van der Waals surface area (Å²) in [5, 5.41) is 15.0. The monoisotopic (exact) mass is 356 g/mol. The fraction of sp³-hybridized carbons (Fsp3) is 0.526. The van der Waals surface area contributed by atoms with Crippen molar-refractivity contribution in [1.82, 2.24) is 15.3 Å². The summed E-state index contributed by atoms with van der Waals surface area (Å²) in [6, 6.07) is 3.89. The Morgan fingerprint density at radius 3 is 2.81 bits per heavy atom. The molecule has 1 aliphatic heterocycles. The molecule has 1 aliphatic carbocycles. The SMILES string of the molecule is COc1ccc2ncc3c(c2n1)CC(C1CCC(NC(=O)O)CC1)CN3. The predicted octanol–water partition coefficient (Wildman–Crippen LogP) is 3.05. The summed E-state index contributed by atoms with van der Waals surface area (Å²) in [5.74, 6) is 1.75. The number of nitrogens with zero attached hydrogens (tertiary/aromatic N) is 2. The van der Waals surface area contributed by atoms with Gasteiger partial charge in [-0.05, 0) is 50.0 Å². The van der Waals surface area contributed by atoms with E-state index in [1.165, 1.54) is 5.56 Å². The van der Waals surface area contributed by atoms with Gasteiger partial charge in [0.2, 0.25) is 5.88 Å². The second-order valence-corrected chi connectivity index (χ2v) is 7.28. The van der Waals surface area contributed by atoms with Gasteiger partial charge in [0, 0.05) is 24.2 Å². The van der Waals surface area contributed by atoms with Crippen LogP contribution < -0.4 is 15.4 Å². The predicted molar refractivity (Wildman–Crippen MR) is 98.7 cm³/mol. The molecular formula is C19H24N4O3. The van der Waals surface area contributed by atoms with Crippen molar-refractivity contribution in [3.63, 3.8) is 0 Å². The first-order valence-corrected chi connectivity index (χ1v) is 9.20. The average molecular weight is 356 g/mol. The molecule has 138 valence electrons. The van der Waals surface area contributed by atoms with Crippen molar-refractivity contribution in [2.75, 3.05) is 19.0 Å². The van der Waals surface area contributed by atoms with Gasteiger partial charge in [-0.3, -0.25) is 4.98 Å². The van der Waals surface area contributed by atoms with E-state index in [2.05, 4.69) is 20.6 Å². The highest BCUT2D eigenvalue weighted by Crippen LogP contribution is 2.38. The second-order valence-electron chi connectivity index (χ2n) is 7.28. The standard InChI is InChI=1S/C19H24N4O3/c1-26-17-7-6-15-18(23-17)14-8-12(9-20-16(14)10-21-15)11-2-4-13(5-3-11)22-19(24)25/h6-7,10-13,20,22H,2-5,8-9H2,1H3,(H,24,25). The third-order valence-electron chi connectivity index (χ3n) is 5.79. The molecule has 3 N–H and O–H groups in total. The lowest BCUT2D eigenvalue weighted by Gasteiger charge is -2.36. The van der Waals surface area contributed by atoms with Crippen molar-refractivity contribution in [2.45, 2.75) is 38.1 Å². The van der Waals surface area contributed by atoms with Gasteiger partial charge in [-0.15, -0.1) is 0 Å². The third-order valence-corrected chi connectivity index (χ3v) is 5.79. The Bertz CT molecular complexity index is 813. The number of carbonyl (C=O) groups is 1. The summed E-state index contributed by atoms with van der Waals surface area (Å²) in [6.07, 6.45) is 5.92. The smallest absolute Gasteiger partial charge is 0.404 e. The van der Waals surface area contributed by atoms with E-state index in [-0.39, 0.29) is 6.04 Å². The maximum absolute atomic E-state index is 10.8. The molecule has 7 nitrogen and oxygen atoms in total. The van der Waals surface area contributed by atoms with Gasteiger partial charge in [0.05, 0.1) is 30.0 Å². The Morgan fingerprint density at radius 2 is 2.08 bits per heavy atom. The molecule has 0 bridgehead atoms. The Kier molecular flexibility index (Phi) is 4.53. The number of aromatic nitrogens is 2. The van der Waals surface area contributed by atoms with Crippen molar-refractivity contribution in [1.29, 1.82) is 0 Å². The molecule has 1 atom stereocenters. The molecule has 0 aromatic carbocycles. The molecule has 1 amide bonds. The van der Waals surface area contributed by atoms with Crippen molar-refractivity contribution >= 4 is 22.8 Å². The van der Waals surface area contributed by atoms with Crippen molar-refractivity contribution in [2.24, 2.45) is 11.8 Å². The minimum Gasteiger partial charge on any atom is -0.481 e. The highest BCUT2D eigenvalue weighted by Gasteiger charge is 2.31. The van der Waals surface area contributed by atoms with Crippen LogP contribution in [0.5, 0.6) is 5.88 Å². The quantitative estimate of drug-likeness (QED) is 0.782. The van der Waals surface area contributed by atoms with E-state index in [0.29, 0.717) is 17.7 Å². The second kappa shape index (κ2) is 6.97. The first kappa shape index (κ1) is 16.9. The lowest BCUT2D eigenvalue weighted by atomic mass is 9.74. The molecule has 2 aromatic rings. The first-order valence-electron chi connectivity index (χ1n) is 9.20. The van der Waals surface area contributed by atoms with Crippen LogP contribution in [0.3, 0.4) is 0 Å². The molecule has 0 radical (unpaired) electrons. The summed E-state index contributed by atoms with van der Waals surface area (Å²) >= 11 is 0. The number of anilines is 1. The molecule has 1 fully saturated rings. The Morgan fingerprint density at radius 1 is 1.27 bits per heavy atom. The molecule has 1 saturated carbocycles. The fourth-order valence-corrected chi connectivity index (χ4v) is 4.39. The van der Waals surface area contributed by atoms with Gasteiger partial charge < -0.3 is 20.5 Å². The number of hydrogen-bond donors (Lipinski definition) is 3. The lowest BCUT2D eigenvalue weighted by molar-refractivity contribution is 0.175. The van der Waals surface area contributed by atoms with Gasteiger partial charge in [0.25, 0.3) is 0 Å². The molecule has 0 saturated heterocycles. The minimum absolute atomic E-state index is 0.101. The van der Waals surface area contributed by atoms with E-state index in [9.17, 15) is 4.79 Å². The van der Waals surface area contributed by atoms with Crippen molar-refractivity contribution < 1.29 is 14.6 Å². The van der Waals surface area contributed by atoms with Crippen LogP contribution in [0.15, 0.2) is 18.3 Å². The van der Waals surface area contributed by atoms with E-state index in [4.69, 9.17) is 9.84 Å². The highest BCUT2D eigenvalue weighted by molar-refractivity contribution is 5.83. The van der Waals surface area contributed by atoms with E-state index < -0.39 is 6.09 Å². The Hall–Kier alpha value is -2.57. The number of carboxylic acid groups (broad SMARTS) is 1. The van der Waals surface area contributed by atoms with Crippen molar-refractivity contribution in [3.05, 3.63) is 23.9 Å². The number of fused-ring (bicyclic) bond motifs is 3. The molecule has 1 unspecified atom stereocenters. The van der Waals surface area contributed by atoms with Crippen molar-refractivity contribution in [3.8, 4) is 5.88 Å². The van der Waals surface area contributed by atoms with Gasteiger partial charge >= 0.3 is 6.09 Å². The summed E-state index contributed by atoms with van der Waals surface area (Å²) in [7, 11) is 1.63. The van der Waals surface area contributed by atoms with Gasteiger partial charge in [0.1, 0.15) is 0 Å². The molecule has 26 heavy (non-hydrogen) atoms. The van der Waals surface area contributed by atoms with Crippen LogP contribution in [0, 0.1) is 11.8 Å². The summed E-state index contributed by atoms with van der Waals surface area (Å²) in [6.45, 7) is 0.936. The number of pyridine rings is 2. The number of amides is 1. The maximum atomic E-state index is 10.8. The minimum atomic E-state index is -0.916. The Balaban J connectivity index is 1.52. The van der Waals surface area contributed by atoms with Gasteiger partial charge in [-0.25, -0.2) is 9.78 Å². The lowest BCUT2D eigenvalue weighted by Crippen LogP contribution is -2.39. The number of nitrogens with one attached hydrogen (secondary N) is 2. The van der Waals surface area contributed by atoms with Crippen LogP contribution >= 0.6 is 0 Å². The highest BCUT2D eigenvalue weighted by atomic mass is 16.5. The van der Waals surface area contributed by atoms with Crippen LogP contribution in [0.1, 0.15) is 31.2 Å². The number of ether oxygens (including phenoxy) is 1. The van der Waals surface area contributed by atoms with E-state index >= 15 is 0 Å². The zero-order valence-electron chi connectivity index (χ0n) is 14.9.